The van der Waals surface area contributed by atoms with Gasteiger partial charge in [0.2, 0.25) is 0 Å². The Bertz CT molecular complexity index is 448. The van der Waals surface area contributed by atoms with Crippen LogP contribution in [0.5, 0.6) is 0 Å². The zero-order valence-electron chi connectivity index (χ0n) is 11.4. The molecule has 4 heteroatoms. The number of benzene rings is 1. The number of nitrogens with one attached hydrogen (secondary N) is 1. The van der Waals surface area contributed by atoms with Crippen LogP contribution in [0.15, 0.2) is 24.3 Å². The van der Waals surface area contributed by atoms with Gasteiger partial charge >= 0.3 is 0 Å². The third kappa shape index (κ3) is 2.40. The lowest BCUT2D eigenvalue weighted by atomic mass is 9.73. The van der Waals surface area contributed by atoms with Gasteiger partial charge in [-0.1, -0.05) is 18.2 Å². The topological polar surface area (TPSA) is 24.5 Å². The molecule has 0 spiro atoms. The highest BCUT2D eigenvalue weighted by molar-refractivity contribution is 5.30. The molecule has 0 aliphatic carbocycles. The minimum absolute atomic E-state index is 0.0998. The summed E-state index contributed by atoms with van der Waals surface area (Å²) in [6.45, 7) is 4.35. The van der Waals surface area contributed by atoms with Crippen molar-refractivity contribution in [3.63, 3.8) is 0 Å². The van der Waals surface area contributed by atoms with Crippen LogP contribution >= 0.6 is 0 Å². The molecule has 2 aliphatic rings. The SMILES string of the molecule is CN1CCNCC1CC1(c2ccccc2F)COC1. The fourth-order valence-electron chi connectivity index (χ4n) is 3.16. The van der Waals surface area contributed by atoms with E-state index in [1.54, 1.807) is 12.1 Å². The van der Waals surface area contributed by atoms with Gasteiger partial charge in [0.15, 0.2) is 0 Å². The Labute approximate surface area is 113 Å². The first-order valence-electron chi connectivity index (χ1n) is 6.95. The van der Waals surface area contributed by atoms with Crippen LogP contribution in [0.3, 0.4) is 0 Å². The second-order valence-corrected chi connectivity index (χ2v) is 5.80. The maximum absolute atomic E-state index is 14.1. The van der Waals surface area contributed by atoms with Crippen LogP contribution in [0.25, 0.3) is 0 Å². The van der Waals surface area contributed by atoms with E-state index < -0.39 is 0 Å². The lowest BCUT2D eigenvalue weighted by Gasteiger charge is -2.46. The largest absolute Gasteiger partial charge is 0.379 e. The highest BCUT2D eigenvalue weighted by Gasteiger charge is 2.44. The molecule has 1 aromatic carbocycles. The van der Waals surface area contributed by atoms with Crippen LogP contribution in [0.2, 0.25) is 0 Å². The first kappa shape index (κ1) is 13.0. The van der Waals surface area contributed by atoms with Gasteiger partial charge in [-0.25, -0.2) is 4.39 Å². The van der Waals surface area contributed by atoms with Gasteiger partial charge in [-0.05, 0) is 25.1 Å². The minimum atomic E-state index is -0.136. The van der Waals surface area contributed by atoms with Crippen molar-refractivity contribution in [3.8, 4) is 0 Å². The monoisotopic (exact) mass is 264 g/mol. The summed E-state index contributed by atoms with van der Waals surface area (Å²) >= 11 is 0. The second-order valence-electron chi connectivity index (χ2n) is 5.80. The van der Waals surface area contributed by atoms with Crippen molar-refractivity contribution in [2.45, 2.75) is 17.9 Å². The molecule has 1 atom stereocenters. The van der Waals surface area contributed by atoms with E-state index in [0.29, 0.717) is 19.3 Å². The van der Waals surface area contributed by atoms with E-state index in [1.165, 1.54) is 0 Å². The fraction of sp³-hybridized carbons (Fsp3) is 0.600. The number of likely N-dealkylation sites (N-methyl/N-ethyl adjacent to an activating group) is 1. The average Bonchev–Trinajstić information content (AvgIpc) is 2.37. The molecule has 1 N–H and O–H groups in total. The predicted octanol–water partition coefficient (Wildman–Crippen LogP) is 1.39. The Hall–Kier alpha value is -0.970. The van der Waals surface area contributed by atoms with E-state index in [-0.39, 0.29) is 11.2 Å². The Morgan fingerprint density at radius 3 is 2.84 bits per heavy atom. The normalized spacial score (nSPS) is 26.9. The molecular weight excluding hydrogens is 243 g/mol. The zero-order valence-corrected chi connectivity index (χ0v) is 11.4. The molecule has 0 amide bonds. The third-order valence-corrected chi connectivity index (χ3v) is 4.47. The standard InChI is InChI=1S/C15H21FN2O/c1-18-7-6-17-9-12(18)8-15(10-19-11-15)13-4-2-3-5-14(13)16/h2-5,12,17H,6-11H2,1H3. The highest BCUT2D eigenvalue weighted by atomic mass is 19.1. The van der Waals surface area contributed by atoms with E-state index in [1.807, 2.05) is 12.1 Å². The number of hydrogen-bond acceptors (Lipinski definition) is 3. The van der Waals surface area contributed by atoms with Crippen molar-refractivity contribution in [2.24, 2.45) is 0 Å². The number of hydrogen-bond donors (Lipinski definition) is 1. The molecular formula is C15H21FN2O. The molecule has 2 fully saturated rings. The third-order valence-electron chi connectivity index (χ3n) is 4.47. The molecule has 0 radical (unpaired) electrons. The van der Waals surface area contributed by atoms with Crippen LogP contribution in [0.4, 0.5) is 4.39 Å². The Balaban J connectivity index is 1.81. The van der Waals surface area contributed by atoms with Gasteiger partial charge in [-0.15, -0.1) is 0 Å². The van der Waals surface area contributed by atoms with Gasteiger partial charge in [-0.3, -0.25) is 0 Å². The first-order chi connectivity index (χ1) is 9.21. The van der Waals surface area contributed by atoms with Gasteiger partial charge in [0, 0.05) is 31.1 Å². The van der Waals surface area contributed by atoms with Crippen molar-refractivity contribution in [1.29, 1.82) is 0 Å². The molecule has 104 valence electrons. The number of ether oxygens (including phenoxy) is 1. The zero-order chi connectivity index (χ0) is 13.3. The van der Waals surface area contributed by atoms with Crippen LogP contribution in [-0.4, -0.2) is 50.8 Å². The van der Waals surface area contributed by atoms with Crippen molar-refractivity contribution >= 4 is 0 Å². The first-order valence-corrected chi connectivity index (χ1v) is 6.95. The molecule has 2 saturated heterocycles. The van der Waals surface area contributed by atoms with Crippen molar-refractivity contribution in [2.75, 3.05) is 39.9 Å². The molecule has 2 aliphatic heterocycles. The van der Waals surface area contributed by atoms with Gasteiger partial charge in [0.25, 0.3) is 0 Å². The van der Waals surface area contributed by atoms with Crippen LogP contribution in [-0.2, 0) is 10.2 Å². The summed E-state index contributed by atoms with van der Waals surface area (Å²) in [5.41, 5.74) is 0.684. The van der Waals surface area contributed by atoms with Gasteiger partial charge in [0.05, 0.1) is 13.2 Å². The molecule has 3 rings (SSSR count). The van der Waals surface area contributed by atoms with E-state index >= 15 is 0 Å². The minimum Gasteiger partial charge on any atom is -0.379 e. The van der Waals surface area contributed by atoms with Crippen LogP contribution in [0.1, 0.15) is 12.0 Å². The summed E-state index contributed by atoms with van der Waals surface area (Å²) in [5.74, 6) is -0.0998. The van der Waals surface area contributed by atoms with Gasteiger partial charge in [-0.2, -0.15) is 0 Å². The maximum Gasteiger partial charge on any atom is 0.127 e. The average molecular weight is 264 g/mol. The molecule has 0 aromatic heterocycles. The van der Waals surface area contributed by atoms with E-state index in [2.05, 4.69) is 17.3 Å². The molecule has 2 heterocycles. The quantitative estimate of drug-likeness (QED) is 0.893. The van der Waals surface area contributed by atoms with E-state index in [4.69, 9.17) is 4.74 Å². The van der Waals surface area contributed by atoms with Crippen molar-refractivity contribution < 1.29 is 9.13 Å². The van der Waals surface area contributed by atoms with E-state index in [0.717, 1.165) is 31.6 Å². The molecule has 0 saturated carbocycles. The fourth-order valence-corrected chi connectivity index (χ4v) is 3.16. The molecule has 1 aromatic rings. The summed E-state index contributed by atoms with van der Waals surface area (Å²) in [4.78, 5) is 2.37. The Morgan fingerprint density at radius 1 is 1.42 bits per heavy atom. The Kier molecular flexibility index (Phi) is 3.56. The van der Waals surface area contributed by atoms with Crippen molar-refractivity contribution in [1.82, 2.24) is 10.2 Å². The van der Waals surface area contributed by atoms with Gasteiger partial charge < -0.3 is 15.0 Å². The summed E-state index contributed by atoms with van der Waals surface area (Å²) in [7, 11) is 2.15. The summed E-state index contributed by atoms with van der Waals surface area (Å²) < 4.78 is 19.5. The smallest absolute Gasteiger partial charge is 0.127 e. The second kappa shape index (κ2) is 5.19. The summed E-state index contributed by atoms with van der Waals surface area (Å²) in [5, 5.41) is 3.43. The molecule has 0 bridgehead atoms. The maximum atomic E-state index is 14.1. The number of nitrogens with zero attached hydrogens (tertiary/aromatic N) is 1. The van der Waals surface area contributed by atoms with Crippen LogP contribution in [0, 0.1) is 5.82 Å². The van der Waals surface area contributed by atoms with Crippen LogP contribution < -0.4 is 5.32 Å². The summed E-state index contributed by atoms with van der Waals surface area (Å²) in [6.07, 6.45) is 0.956. The Morgan fingerprint density at radius 2 is 2.21 bits per heavy atom. The molecule has 1 unspecified atom stereocenters. The van der Waals surface area contributed by atoms with E-state index in [9.17, 15) is 4.39 Å². The highest BCUT2D eigenvalue weighted by Crippen LogP contribution is 2.39. The van der Waals surface area contributed by atoms with Crippen molar-refractivity contribution in [3.05, 3.63) is 35.6 Å². The number of rotatable bonds is 3. The lowest BCUT2D eigenvalue weighted by molar-refractivity contribution is -0.0769. The number of piperazine rings is 1. The predicted molar refractivity (Wildman–Crippen MR) is 72.8 cm³/mol. The molecule has 3 nitrogen and oxygen atoms in total. The summed E-state index contributed by atoms with van der Waals surface area (Å²) in [6, 6.07) is 7.59. The molecule has 19 heavy (non-hydrogen) atoms. The van der Waals surface area contributed by atoms with Gasteiger partial charge in [0.1, 0.15) is 5.82 Å². The lowest BCUT2D eigenvalue weighted by Crippen LogP contribution is -2.56. The number of halogens is 1.